The Balaban J connectivity index is 1.76. The molecule has 5 heteroatoms. The van der Waals surface area contributed by atoms with E-state index in [-0.39, 0.29) is 5.91 Å². The van der Waals surface area contributed by atoms with Gasteiger partial charge in [-0.2, -0.15) is 0 Å². The predicted molar refractivity (Wildman–Crippen MR) is 95.4 cm³/mol. The van der Waals surface area contributed by atoms with Gasteiger partial charge in [0, 0.05) is 20.0 Å². The van der Waals surface area contributed by atoms with Crippen molar-refractivity contribution in [2.45, 2.75) is 5.75 Å². The van der Waals surface area contributed by atoms with Crippen LogP contribution in [0.15, 0.2) is 48.5 Å². The van der Waals surface area contributed by atoms with Crippen molar-refractivity contribution in [1.82, 2.24) is 0 Å². The number of hydrogen-bond acceptors (Lipinski definition) is 2. The molecule has 20 heavy (non-hydrogen) atoms. The van der Waals surface area contributed by atoms with Crippen LogP contribution in [0.3, 0.4) is 0 Å². The number of thioether (sulfide) groups is 1. The van der Waals surface area contributed by atoms with Crippen molar-refractivity contribution in [3.05, 3.63) is 62.7 Å². The number of halogens is 2. The lowest BCUT2D eigenvalue weighted by Gasteiger charge is -2.05. The summed E-state index contributed by atoms with van der Waals surface area (Å²) in [4.78, 5) is 11.8. The second-order valence-corrected chi connectivity index (χ2v) is 6.85. The molecule has 0 saturated carbocycles. The first-order valence-electron chi connectivity index (χ1n) is 6.01. The van der Waals surface area contributed by atoms with Crippen LogP contribution in [0.4, 0.5) is 5.69 Å². The SMILES string of the molecule is O=C(CSCc1cccc(Cl)c1)Nc1ccc(I)cc1. The summed E-state index contributed by atoms with van der Waals surface area (Å²) in [5.41, 5.74) is 1.96. The number of rotatable bonds is 5. The van der Waals surface area contributed by atoms with E-state index in [2.05, 4.69) is 27.9 Å². The minimum absolute atomic E-state index is 0.0123. The Bertz CT molecular complexity index is 589. The van der Waals surface area contributed by atoms with Crippen molar-refractivity contribution in [1.29, 1.82) is 0 Å². The van der Waals surface area contributed by atoms with E-state index in [1.165, 1.54) is 0 Å². The van der Waals surface area contributed by atoms with Crippen LogP contribution in [0.25, 0.3) is 0 Å². The number of amides is 1. The van der Waals surface area contributed by atoms with Gasteiger partial charge in [-0.3, -0.25) is 4.79 Å². The summed E-state index contributed by atoms with van der Waals surface area (Å²) < 4.78 is 1.15. The fourth-order valence-electron chi connectivity index (χ4n) is 1.62. The molecular weight excluding hydrogens is 405 g/mol. The largest absolute Gasteiger partial charge is 0.325 e. The molecule has 0 unspecified atom stereocenters. The summed E-state index contributed by atoms with van der Waals surface area (Å²) in [6.45, 7) is 0. The minimum Gasteiger partial charge on any atom is -0.325 e. The molecule has 0 bridgehead atoms. The highest BCUT2D eigenvalue weighted by molar-refractivity contribution is 14.1. The maximum absolute atomic E-state index is 11.8. The molecule has 0 saturated heterocycles. The first-order chi connectivity index (χ1) is 9.63. The quantitative estimate of drug-likeness (QED) is 0.707. The smallest absolute Gasteiger partial charge is 0.234 e. The highest BCUT2D eigenvalue weighted by Crippen LogP contribution is 2.17. The molecule has 0 radical (unpaired) electrons. The summed E-state index contributed by atoms with van der Waals surface area (Å²) >= 11 is 9.72. The molecule has 2 rings (SSSR count). The first kappa shape index (κ1) is 15.7. The second kappa shape index (κ2) is 7.90. The topological polar surface area (TPSA) is 29.1 Å². The summed E-state index contributed by atoms with van der Waals surface area (Å²) in [7, 11) is 0. The highest BCUT2D eigenvalue weighted by atomic mass is 127. The van der Waals surface area contributed by atoms with Crippen molar-refractivity contribution in [3.63, 3.8) is 0 Å². The van der Waals surface area contributed by atoms with Gasteiger partial charge in [-0.05, 0) is 64.6 Å². The number of anilines is 1. The van der Waals surface area contributed by atoms with Crippen LogP contribution < -0.4 is 5.32 Å². The zero-order chi connectivity index (χ0) is 14.4. The van der Waals surface area contributed by atoms with Crippen LogP contribution in [-0.4, -0.2) is 11.7 Å². The van der Waals surface area contributed by atoms with Crippen LogP contribution in [0.1, 0.15) is 5.56 Å². The lowest BCUT2D eigenvalue weighted by Crippen LogP contribution is -2.14. The Labute approximate surface area is 141 Å². The monoisotopic (exact) mass is 417 g/mol. The molecule has 104 valence electrons. The fraction of sp³-hybridized carbons (Fsp3) is 0.133. The molecule has 0 fully saturated rings. The van der Waals surface area contributed by atoms with Gasteiger partial charge in [-0.1, -0.05) is 23.7 Å². The lowest BCUT2D eigenvalue weighted by atomic mass is 10.2. The number of carbonyl (C=O) groups excluding carboxylic acids is 1. The Morgan fingerprint density at radius 2 is 1.95 bits per heavy atom. The summed E-state index contributed by atoms with van der Waals surface area (Å²) in [5.74, 6) is 1.22. The fourth-order valence-corrected chi connectivity index (χ4v) is 2.97. The van der Waals surface area contributed by atoms with E-state index >= 15 is 0 Å². The van der Waals surface area contributed by atoms with E-state index in [0.29, 0.717) is 5.75 Å². The van der Waals surface area contributed by atoms with E-state index in [1.807, 2.05) is 48.5 Å². The third kappa shape index (κ3) is 5.34. The highest BCUT2D eigenvalue weighted by Gasteiger charge is 2.03. The van der Waals surface area contributed by atoms with Crippen LogP contribution >= 0.6 is 46.0 Å². The Kier molecular flexibility index (Phi) is 6.19. The van der Waals surface area contributed by atoms with E-state index in [0.717, 1.165) is 25.6 Å². The molecule has 0 aliphatic rings. The van der Waals surface area contributed by atoms with Crippen LogP contribution in [0.5, 0.6) is 0 Å². The summed E-state index contributed by atoms with van der Waals surface area (Å²) in [6.07, 6.45) is 0. The lowest BCUT2D eigenvalue weighted by molar-refractivity contribution is -0.113. The van der Waals surface area contributed by atoms with Gasteiger partial charge in [0.05, 0.1) is 5.75 Å². The third-order valence-electron chi connectivity index (χ3n) is 2.52. The molecule has 2 aromatic rings. The van der Waals surface area contributed by atoms with Gasteiger partial charge in [0.25, 0.3) is 0 Å². The zero-order valence-corrected chi connectivity index (χ0v) is 14.3. The molecule has 2 aromatic carbocycles. The van der Waals surface area contributed by atoms with Gasteiger partial charge in [-0.15, -0.1) is 11.8 Å². The number of carbonyl (C=O) groups is 1. The van der Waals surface area contributed by atoms with Gasteiger partial charge in [-0.25, -0.2) is 0 Å². The average molecular weight is 418 g/mol. The van der Waals surface area contributed by atoms with Crippen molar-refractivity contribution in [2.24, 2.45) is 0 Å². The van der Waals surface area contributed by atoms with Crippen LogP contribution in [0.2, 0.25) is 5.02 Å². The van der Waals surface area contributed by atoms with Gasteiger partial charge in [0.1, 0.15) is 0 Å². The number of hydrogen-bond donors (Lipinski definition) is 1. The van der Waals surface area contributed by atoms with Crippen molar-refractivity contribution in [2.75, 3.05) is 11.1 Å². The molecule has 0 aliphatic carbocycles. The van der Waals surface area contributed by atoms with Crippen molar-refractivity contribution in [3.8, 4) is 0 Å². The first-order valence-corrected chi connectivity index (χ1v) is 8.62. The van der Waals surface area contributed by atoms with Gasteiger partial charge < -0.3 is 5.32 Å². The summed E-state index contributed by atoms with van der Waals surface area (Å²) in [5, 5.41) is 3.61. The molecule has 1 amide bonds. The van der Waals surface area contributed by atoms with Crippen LogP contribution in [0, 0.1) is 3.57 Å². The maximum Gasteiger partial charge on any atom is 0.234 e. The Hall–Kier alpha value is -0.720. The van der Waals surface area contributed by atoms with Crippen molar-refractivity contribution >= 4 is 57.5 Å². The third-order valence-corrected chi connectivity index (χ3v) is 4.48. The standard InChI is InChI=1S/C15H13ClINOS/c16-12-3-1-2-11(8-12)9-20-10-15(19)18-14-6-4-13(17)5-7-14/h1-8H,9-10H2,(H,18,19). The number of nitrogens with one attached hydrogen (secondary N) is 1. The van der Waals surface area contributed by atoms with Crippen molar-refractivity contribution < 1.29 is 4.79 Å². The number of benzene rings is 2. The Morgan fingerprint density at radius 3 is 2.65 bits per heavy atom. The van der Waals surface area contributed by atoms with E-state index < -0.39 is 0 Å². The van der Waals surface area contributed by atoms with Gasteiger partial charge in [0.2, 0.25) is 5.91 Å². The van der Waals surface area contributed by atoms with Gasteiger partial charge in [0.15, 0.2) is 0 Å². The second-order valence-electron chi connectivity index (χ2n) is 4.18. The molecule has 0 heterocycles. The minimum atomic E-state index is 0.0123. The molecule has 0 aromatic heterocycles. The molecular formula is C15H13ClINOS. The molecule has 0 aliphatic heterocycles. The average Bonchev–Trinajstić information content (AvgIpc) is 2.41. The Morgan fingerprint density at radius 1 is 1.20 bits per heavy atom. The van der Waals surface area contributed by atoms with Gasteiger partial charge >= 0.3 is 0 Å². The van der Waals surface area contributed by atoms with E-state index in [4.69, 9.17) is 11.6 Å². The maximum atomic E-state index is 11.8. The normalized spacial score (nSPS) is 10.3. The molecule has 0 atom stereocenters. The van der Waals surface area contributed by atoms with E-state index in [9.17, 15) is 4.79 Å². The predicted octanol–water partition coefficient (Wildman–Crippen LogP) is 4.82. The molecule has 0 spiro atoms. The molecule has 1 N–H and O–H groups in total. The summed E-state index contributed by atoms with van der Waals surface area (Å²) in [6, 6.07) is 15.4. The zero-order valence-electron chi connectivity index (χ0n) is 10.6. The van der Waals surface area contributed by atoms with Crippen LogP contribution in [-0.2, 0) is 10.5 Å². The molecule has 2 nitrogen and oxygen atoms in total. The van der Waals surface area contributed by atoms with E-state index in [1.54, 1.807) is 11.8 Å².